The fraction of sp³-hybridized carbons (Fsp3) is 0.318. The number of urea groups is 1. The molecule has 1 atom stereocenters. The van der Waals surface area contributed by atoms with Gasteiger partial charge >= 0.3 is 6.03 Å². The molecule has 4 rings (SSSR count). The summed E-state index contributed by atoms with van der Waals surface area (Å²) in [4.78, 5) is 19.2. The molecule has 1 aromatic heterocycles. The van der Waals surface area contributed by atoms with Crippen molar-refractivity contribution in [2.24, 2.45) is 0 Å². The van der Waals surface area contributed by atoms with E-state index < -0.39 is 0 Å². The molecule has 1 aliphatic heterocycles. The van der Waals surface area contributed by atoms with Gasteiger partial charge in [0.15, 0.2) is 0 Å². The van der Waals surface area contributed by atoms with E-state index in [1.807, 2.05) is 54.6 Å². The number of methoxy groups -OCH3 is 1. The monoisotopic (exact) mass is 392 g/mol. The molecule has 2 aromatic carbocycles. The minimum atomic E-state index is -0.216. The van der Waals surface area contributed by atoms with Crippen molar-refractivity contribution in [3.05, 3.63) is 66.1 Å². The summed E-state index contributed by atoms with van der Waals surface area (Å²) in [6, 6.07) is 17.1. The van der Waals surface area contributed by atoms with Gasteiger partial charge in [0, 0.05) is 18.7 Å². The Labute approximate surface area is 169 Å². The number of nitrogens with zero attached hydrogens (tertiary/aromatic N) is 3. The van der Waals surface area contributed by atoms with Crippen LogP contribution in [0, 0.1) is 0 Å². The van der Waals surface area contributed by atoms with E-state index in [9.17, 15) is 4.79 Å². The number of ether oxygens (including phenoxy) is 1. The molecule has 0 unspecified atom stereocenters. The fourth-order valence-corrected chi connectivity index (χ4v) is 3.56. The largest absolute Gasteiger partial charge is 0.497 e. The van der Waals surface area contributed by atoms with Gasteiger partial charge in [-0.15, -0.1) is 0 Å². The van der Waals surface area contributed by atoms with Gasteiger partial charge in [0.25, 0.3) is 0 Å². The molecule has 1 fully saturated rings. The van der Waals surface area contributed by atoms with Crippen molar-refractivity contribution in [2.45, 2.75) is 31.8 Å². The highest BCUT2D eigenvalue weighted by molar-refractivity contribution is 5.74. The zero-order valence-electron chi connectivity index (χ0n) is 16.4. The van der Waals surface area contributed by atoms with Crippen molar-refractivity contribution in [3.8, 4) is 17.1 Å². The number of likely N-dealkylation sites (tertiary alicyclic amines) is 1. The summed E-state index contributed by atoms with van der Waals surface area (Å²) in [6.45, 7) is 1.16. The normalized spacial score (nSPS) is 16.4. The molecule has 7 heteroatoms. The zero-order valence-corrected chi connectivity index (χ0v) is 16.4. The first-order chi connectivity index (χ1) is 14.2. The van der Waals surface area contributed by atoms with Crippen LogP contribution in [-0.4, -0.2) is 34.7 Å². The highest BCUT2D eigenvalue weighted by atomic mass is 16.5. The number of hydrogen-bond donors (Lipinski definition) is 1. The molecule has 0 spiro atoms. The van der Waals surface area contributed by atoms with E-state index in [2.05, 4.69) is 15.5 Å². The molecule has 29 heavy (non-hydrogen) atoms. The summed E-state index contributed by atoms with van der Waals surface area (Å²) < 4.78 is 10.8. The number of carbonyl (C=O) groups is 1. The number of piperidine rings is 1. The van der Waals surface area contributed by atoms with E-state index in [1.165, 1.54) is 0 Å². The molecule has 7 nitrogen and oxygen atoms in total. The number of hydrogen-bond acceptors (Lipinski definition) is 5. The minimum Gasteiger partial charge on any atom is -0.497 e. The number of carbonyl (C=O) groups excluding carboxylic acids is 1. The number of rotatable bonds is 5. The van der Waals surface area contributed by atoms with Gasteiger partial charge in [0.1, 0.15) is 11.8 Å². The third kappa shape index (κ3) is 4.39. The second kappa shape index (κ2) is 8.77. The Morgan fingerprint density at radius 2 is 2.07 bits per heavy atom. The van der Waals surface area contributed by atoms with E-state index >= 15 is 0 Å². The van der Waals surface area contributed by atoms with E-state index in [4.69, 9.17) is 9.26 Å². The molecule has 1 aliphatic rings. The standard InChI is InChI=1S/C22H24N4O3/c1-28-18-11-7-10-17(14-18)20-24-21(29-25-20)19-12-5-6-13-26(19)22(27)23-15-16-8-3-2-4-9-16/h2-4,7-11,14,19H,5-6,12-13,15H2,1H3,(H,23,27)/t19-/m1/s1. The van der Waals surface area contributed by atoms with Crippen LogP contribution in [0.3, 0.4) is 0 Å². The maximum atomic E-state index is 12.8. The first-order valence-electron chi connectivity index (χ1n) is 9.81. The third-order valence-electron chi connectivity index (χ3n) is 5.10. The number of amides is 2. The zero-order chi connectivity index (χ0) is 20.1. The van der Waals surface area contributed by atoms with Gasteiger partial charge < -0.3 is 19.5 Å². The van der Waals surface area contributed by atoms with E-state index in [1.54, 1.807) is 12.0 Å². The molecule has 0 bridgehead atoms. The summed E-state index contributed by atoms with van der Waals surface area (Å²) in [7, 11) is 1.62. The average molecular weight is 392 g/mol. The van der Waals surface area contributed by atoms with Gasteiger partial charge in [-0.25, -0.2) is 4.79 Å². The van der Waals surface area contributed by atoms with Crippen LogP contribution in [0.25, 0.3) is 11.4 Å². The predicted molar refractivity (Wildman–Crippen MR) is 108 cm³/mol. The quantitative estimate of drug-likeness (QED) is 0.704. The fourth-order valence-electron chi connectivity index (χ4n) is 3.56. The summed E-state index contributed by atoms with van der Waals surface area (Å²) in [5.41, 5.74) is 1.88. The average Bonchev–Trinajstić information content (AvgIpc) is 3.28. The van der Waals surface area contributed by atoms with Gasteiger partial charge in [-0.05, 0) is 37.0 Å². The second-order valence-corrected chi connectivity index (χ2v) is 7.04. The lowest BCUT2D eigenvalue weighted by atomic mass is 10.0. The van der Waals surface area contributed by atoms with Crippen molar-refractivity contribution in [1.82, 2.24) is 20.4 Å². The van der Waals surface area contributed by atoms with Crippen molar-refractivity contribution in [1.29, 1.82) is 0 Å². The summed E-state index contributed by atoms with van der Waals surface area (Å²) in [5, 5.41) is 7.13. The number of aromatic nitrogens is 2. The molecular weight excluding hydrogens is 368 g/mol. The highest BCUT2D eigenvalue weighted by Gasteiger charge is 2.32. The SMILES string of the molecule is COc1cccc(-c2noc([C@H]3CCCCN3C(=O)NCc3ccccc3)n2)c1. The molecule has 2 heterocycles. The van der Waals surface area contributed by atoms with E-state index in [-0.39, 0.29) is 12.1 Å². The Morgan fingerprint density at radius 3 is 2.90 bits per heavy atom. The van der Waals surface area contributed by atoms with Crippen molar-refractivity contribution in [3.63, 3.8) is 0 Å². The maximum Gasteiger partial charge on any atom is 0.318 e. The molecule has 0 saturated carbocycles. The van der Waals surface area contributed by atoms with E-state index in [0.717, 1.165) is 36.1 Å². The van der Waals surface area contributed by atoms with Gasteiger partial charge in [0.05, 0.1) is 7.11 Å². The van der Waals surface area contributed by atoms with Crippen LogP contribution in [-0.2, 0) is 6.54 Å². The first-order valence-corrected chi connectivity index (χ1v) is 9.81. The molecule has 0 aliphatic carbocycles. The van der Waals surface area contributed by atoms with Crippen molar-refractivity contribution in [2.75, 3.05) is 13.7 Å². The Bertz CT molecular complexity index is 957. The minimum absolute atomic E-state index is 0.111. The molecule has 1 N–H and O–H groups in total. The van der Waals surface area contributed by atoms with Crippen LogP contribution < -0.4 is 10.1 Å². The van der Waals surface area contributed by atoms with Crippen LogP contribution in [0.1, 0.15) is 36.8 Å². The Kier molecular flexibility index (Phi) is 5.74. The van der Waals surface area contributed by atoms with Crippen LogP contribution >= 0.6 is 0 Å². The predicted octanol–water partition coefficient (Wildman–Crippen LogP) is 4.18. The van der Waals surface area contributed by atoms with Crippen molar-refractivity contribution < 1.29 is 14.1 Å². The van der Waals surface area contributed by atoms with Gasteiger partial charge in [0.2, 0.25) is 11.7 Å². The van der Waals surface area contributed by atoms with Crippen LogP contribution in [0.4, 0.5) is 4.79 Å². The molecule has 3 aromatic rings. The summed E-state index contributed by atoms with van der Waals surface area (Å²) in [6.07, 6.45) is 2.79. The Hall–Kier alpha value is -3.35. The number of nitrogens with one attached hydrogen (secondary N) is 1. The lowest BCUT2D eigenvalue weighted by Crippen LogP contribution is -2.44. The van der Waals surface area contributed by atoms with Crippen LogP contribution in [0.5, 0.6) is 5.75 Å². The van der Waals surface area contributed by atoms with E-state index in [0.29, 0.717) is 24.8 Å². The van der Waals surface area contributed by atoms with Crippen LogP contribution in [0.15, 0.2) is 59.1 Å². The van der Waals surface area contributed by atoms with Gasteiger partial charge in [-0.2, -0.15) is 4.98 Å². The van der Waals surface area contributed by atoms with Crippen molar-refractivity contribution >= 4 is 6.03 Å². The molecular formula is C22H24N4O3. The number of benzene rings is 2. The lowest BCUT2D eigenvalue weighted by molar-refractivity contribution is 0.131. The Morgan fingerprint density at radius 1 is 1.21 bits per heavy atom. The second-order valence-electron chi connectivity index (χ2n) is 7.04. The Balaban J connectivity index is 1.48. The smallest absolute Gasteiger partial charge is 0.318 e. The highest BCUT2D eigenvalue weighted by Crippen LogP contribution is 2.31. The van der Waals surface area contributed by atoms with Gasteiger partial charge in [-0.3, -0.25) is 0 Å². The molecule has 150 valence electrons. The maximum absolute atomic E-state index is 12.8. The molecule has 0 radical (unpaired) electrons. The van der Waals surface area contributed by atoms with Gasteiger partial charge in [-0.1, -0.05) is 47.6 Å². The molecule has 1 saturated heterocycles. The summed E-state index contributed by atoms with van der Waals surface area (Å²) >= 11 is 0. The third-order valence-corrected chi connectivity index (χ3v) is 5.10. The lowest BCUT2D eigenvalue weighted by Gasteiger charge is -2.33. The summed E-state index contributed by atoms with van der Waals surface area (Å²) in [5.74, 6) is 1.69. The topological polar surface area (TPSA) is 80.5 Å². The first kappa shape index (κ1) is 19.0. The molecule has 2 amide bonds. The van der Waals surface area contributed by atoms with Crippen LogP contribution in [0.2, 0.25) is 0 Å².